The third kappa shape index (κ3) is 4.40. The Balaban J connectivity index is 1.64. The highest BCUT2D eigenvalue weighted by Gasteiger charge is 2.10. The maximum absolute atomic E-state index is 12.2. The highest BCUT2D eigenvalue weighted by Crippen LogP contribution is 2.28. The molecule has 3 rings (SSSR count). The van der Waals surface area contributed by atoms with E-state index in [4.69, 9.17) is 4.74 Å². The molecule has 2 amide bonds. The molecule has 0 atom stereocenters. The number of aromatic nitrogens is 1. The van der Waals surface area contributed by atoms with Crippen LogP contribution in [0.1, 0.15) is 18.1 Å². The van der Waals surface area contributed by atoms with Gasteiger partial charge in [0.1, 0.15) is 5.75 Å². The number of nitrogens with one attached hydrogen (secondary N) is 2. The third-order valence-corrected chi connectivity index (χ3v) is 4.56. The van der Waals surface area contributed by atoms with Crippen molar-refractivity contribution in [3.05, 3.63) is 59.0 Å². The van der Waals surface area contributed by atoms with Crippen molar-refractivity contribution in [3.63, 3.8) is 0 Å². The Labute approximate surface area is 157 Å². The molecule has 0 radical (unpaired) electrons. The van der Waals surface area contributed by atoms with E-state index in [1.165, 1.54) is 22.5 Å². The van der Waals surface area contributed by atoms with E-state index >= 15 is 0 Å². The lowest BCUT2D eigenvalue weighted by Crippen LogP contribution is -2.19. The van der Waals surface area contributed by atoms with Crippen LogP contribution in [0.2, 0.25) is 0 Å². The molecule has 0 aliphatic carbocycles. The van der Waals surface area contributed by atoms with Crippen molar-refractivity contribution >= 4 is 28.2 Å². The van der Waals surface area contributed by atoms with E-state index in [0.717, 1.165) is 17.0 Å². The molecule has 0 saturated carbocycles. The van der Waals surface area contributed by atoms with Crippen molar-refractivity contribution in [2.24, 2.45) is 0 Å². The molecule has 1 aromatic heterocycles. The smallest absolute Gasteiger partial charge is 0.325 e. The topological polar surface area (TPSA) is 63.2 Å². The Morgan fingerprint density at radius 1 is 1.12 bits per heavy atom. The summed E-state index contributed by atoms with van der Waals surface area (Å²) < 4.78 is 5.39. The van der Waals surface area contributed by atoms with Crippen LogP contribution in [-0.2, 0) is 0 Å². The number of aryl methyl sites for hydroxylation is 2. The maximum atomic E-state index is 12.2. The summed E-state index contributed by atoms with van der Waals surface area (Å²) in [4.78, 5) is 16.7. The van der Waals surface area contributed by atoms with Crippen molar-refractivity contribution < 1.29 is 9.53 Å². The summed E-state index contributed by atoms with van der Waals surface area (Å²) in [6.45, 7) is 6.67. The quantitative estimate of drug-likeness (QED) is 0.628. The standard InChI is InChI=1S/C20H21N3O2S/c1-4-25-16-8-6-15(7-9-16)21-19(24)23-20-22-18(12-26-20)17-10-5-13(2)11-14(17)3/h5-12H,4H2,1-3H3,(H2,21,22,23,24). The lowest BCUT2D eigenvalue weighted by atomic mass is 10.0. The van der Waals surface area contributed by atoms with Crippen LogP contribution in [0.4, 0.5) is 15.6 Å². The summed E-state index contributed by atoms with van der Waals surface area (Å²) in [6.07, 6.45) is 0. The van der Waals surface area contributed by atoms with Gasteiger partial charge in [-0.05, 0) is 50.6 Å². The molecule has 0 spiro atoms. The van der Waals surface area contributed by atoms with Crippen LogP contribution in [0.3, 0.4) is 0 Å². The van der Waals surface area contributed by atoms with Crippen molar-refractivity contribution in [2.75, 3.05) is 17.2 Å². The predicted octanol–water partition coefficient (Wildman–Crippen LogP) is 5.47. The largest absolute Gasteiger partial charge is 0.494 e. The molecule has 0 bridgehead atoms. The number of hydrogen-bond donors (Lipinski definition) is 2. The minimum Gasteiger partial charge on any atom is -0.494 e. The number of nitrogens with zero attached hydrogens (tertiary/aromatic N) is 1. The van der Waals surface area contributed by atoms with Gasteiger partial charge in [0.2, 0.25) is 0 Å². The number of hydrogen-bond acceptors (Lipinski definition) is 4. The van der Waals surface area contributed by atoms with Crippen LogP contribution in [-0.4, -0.2) is 17.6 Å². The van der Waals surface area contributed by atoms with E-state index in [1.807, 2.05) is 24.4 Å². The van der Waals surface area contributed by atoms with Gasteiger partial charge in [0.15, 0.2) is 5.13 Å². The zero-order valence-corrected chi connectivity index (χ0v) is 15.8. The molecular formula is C20H21N3O2S. The van der Waals surface area contributed by atoms with Gasteiger partial charge in [-0.15, -0.1) is 11.3 Å². The fourth-order valence-corrected chi connectivity index (χ4v) is 3.32. The Kier molecular flexibility index (Phi) is 5.53. The Morgan fingerprint density at radius 2 is 1.88 bits per heavy atom. The fraction of sp³-hybridized carbons (Fsp3) is 0.200. The van der Waals surface area contributed by atoms with Crippen LogP contribution in [0.15, 0.2) is 47.8 Å². The zero-order chi connectivity index (χ0) is 18.5. The van der Waals surface area contributed by atoms with Crippen LogP contribution >= 0.6 is 11.3 Å². The van der Waals surface area contributed by atoms with Gasteiger partial charge in [-0.3, -0.25) is 5.32 Å². The van der Waals surface area contributed by atoms with Gasteiger partial charge in [-0.25, -0.2) is 9.78 Å². The molecule has 2 aromatic carbocycles. The van der Waals surface area contributed by atoms with E-state index in [9.17, 15) is 4.79 Å². The van der Waals surface area contributed by atoms with Gasteiger partial charge < -0.3 is 10.1 Å². The summed E-state index contributed by atoms with van der Waals surface area (Å²) in [7, 11) is 0. The van der Waals surface area contributed by atoms with E-state index in [-0.39, 0.29) is 6.03 Å². The number of carbonyl (C=O) groups is 1. The lowest BCUT2D eigenvalue weighted by Gasteiger charge is -2.07. The van der Waals surface area contributed by atoms with E-state index in [0.29, 0.717) is 17.4 Å². The zero-order valence-electron chi connectivity index (χ0n) is 15.0. The molecule has 134 valence electrons. The number of amides is 2. The van der Waals surface area contributed by atoms with Crippen molar-refractivity contribution in [2.45, 2.75) is 20.8 Å². The molecule has 0 aliphatic rings. The monoisotopic (exact) mass is 367 g/mol. The van der Waals surface area contributed by atoms with Crippen LogP contribution in [0.5, 0.6) is 5.75 Å². The molecule has 0 aliphatic heterocycles. The van der Waals surface area contributed by atoms with E-state index in [1.54, 1.807) is 12.1 Å². The molecule has 0 saturated heterocycles. The van der Waals surface area contributed by atoms with Gasteiger partial charge in [-0.1, -0.05) is 23.8 Å². The normalized spacial score (nSPS) is 10.4. The second-order valence-corrected chi connectivity index (χ2v) is 6.75. The molecule has 3 aromatic rings. The first-order chi connectivity index (χ1) is 12.5. The molecular weight excluding hydrogens is 346 g/mol. The van der Waals surface area contributed by atoms with Gasteiger partial charge in [-0.2, -0.15) is 0 Å². The number of thiazole rings is 1. The molecule has 2 N–H and O–H groups in total. The summed E-state index contributed by atoms with van der Waals surface area (Å²) >= 11 is 1.40. The van der Waals surface area contributed by atoms with E-state index in [2.05, 4.69) is 47.7 Å². The van der Waals surface area contributed by atoms with Gasteiger partial charge in [0.05, 0.1) is 12.3 Å². The highest BCUT2D eigenvalue weighted by molar-refractivity contribution is 7.14. The molecule has 6 heteroatoms. The van der Waals surface area contributed by atoms with Crippen LogP contribution in [0.25, 0.3) is 11.3 Å². The summed E-state index contributed by atoms with van der Waals surface area (Å²) in [5.74, 6) is 0.775. The molecule has 26 heavy (non-hydrogen) atoms. The van der Waals surface area contributed by atoms with Gasteiger partial charge in [0.25, 0.3) is 0 Å². The summed E-state index contributed by atoms with van der Waals surface area (Å²) in [6, 6.07) is 13.2. The minimum absolute atomic E-state index is 0.323. The third-order valence-electron chi connectivity index (χ3n) is 3.81. The first kappa shape index (κ1) is 17.9. The highest BCUT2D eigenvalue weighted by atomic mass is 32.1. The molecule has 0 fully saturated rings. The first-order valence-corrected chi connectivity index (χ1v) is 9.27. The van der Waals surface area contributed by atoms with Gasteiger partial charge >= 0.3 is 6.03 Å². The summed E-state index contributed by atoms with van der Waals surface area (Å²) in [5.41, 5.74) is 5.02. The van der Waals surface area contributed by atoms with Crippen molar-refractivity contribution in [3.8, 4) is 17.0 Å². The Morgan fingerprint density at radius 3 is 2.58 bits per heavy atom. The second-order valence-electron chi connectivity index (χ2n) is 5.89. The van der Waals surface area contributed by atoms with Crippen LogP contribution in [0, 0.1) is 13.8 Å². The second kappa shape index (κ2) is 8.01. The van der Waals surface area contributed by atoms with Crippen molar-refractivity contribution in [1.82, 2.24) is 4.98 Å². The Bertz CT molecular complexity index is 904. The lowest BCUT2D eigenvalue weighted by molar-refractivity contribution is 0.262. The molecule has 1 heterocycles. The number of anilines is 2. The molecule has 0 unspecified atom stereocenters. The van der Waals surface area contributed by atoms with Crippen molar-refractivity contribution in [1.29, 1.82) is 0 Å². The first-order valence-electron chi connectivity index (χ1n) is 8.39. The number of rotatable bonds is 5. The van der Waals surface area contributed by atoms with E-state index < -0.39 is 0 Å². The number of ether oxygens (including phenoxy) is 1. The SMILES string of the molecule is CCOc1ccc(NC(=O)Nc2nc(-c3ccc(C)cc3C)cs2)cc1. The minimum atomic E-state index is -0.323. The number of carbonyl (C=O) groups excluding carboxylic acids is 1. The Hall–Kier alpha value is -2.86. The molecule has 5 nitrogen and oxygen atoms in total. The van der Waals surface area contributed by atoms with Crippen LogP contribution < -0.4 is 15.4 Å². The van der Waals surface area contributed by atoms with Gasteiger partial charge in [0, 0.05) is 16.6 Å². The average Bonchev–Trinajstić information content (AvgIpc) is 3.05. The number of urea groups is 1. The average molecular weight is 367 g/mol. The predicted molar refractivity (Wildman–Crippen MR) is 107 cm³/mol. The fourth-order valence-electron chi connectivity index (χ4n) is 2.62. The summed E-state index contributed by atoms with van der Waals surface area (Å²) in [5, 5.41) is 8.07. The number of benzene rings is 2. The maximum Gasteiger partial charge on any atom is 0.325 e.